The van der Waals surface area contributed by atoms with Gasteiger partial charge in [0.1, 0.15) is 6.29 Å². The molecular formula is C11H20O. The van der Waals surface area contributed by atoms with Gasteiger partial charge in [-0.2, -0.15) is 0 Å². The molecule has 0 spiro atoms. The van der Waals surface area contributed by atoms with Crippen LogP contribution in [0.4, 0.5) is 0 Å². The molecule has 12 heavy (non-hydrogen) atoms. The van der Waals surface area contributed by atoms with Gasteiger partial charge in [0, 0.05) is 5.92 Å². The van der Waals surface area contributed by atoms with E-state index in [1.165, 1.54) is 25.7 Å². The summed E-state index contributed by atoms with van der Waals surface area (Å²) in [6.45, 7) is 4.04. The molecule has 0 aliphatic heterocycles. The van der Waals surface area contributed by atoms with Gasteiger partial charge in [-0.3, -0.25) is 0 Å². The molecule has 0 saturated carbocycles. The summed E-state index contributed by atoms with van der Waals surface area (Å²) in [5.41, 5.74) is 0. The molecule has 0 aliphatic rings. The van der Waals surface area contributed by atoms with Gasteiger partial charge in [-0.15, -0.1) is 0 Å². The van der Waals surface area contributed by atoms with Crippen molar-refractivity contribution < 1.29 is 4.79 Å². The minimum absolute atomic E-state index is 0.256. The van der Waals surface area contributed by atoms with Gasteiger partial charge >= 0.3 is 0 Å². The SMILES string of the molecule is CC=CCCCCCC(C)C=O. The summed E-state index contributed by atoms with van der Waals surface area (Å²) in [4.78, 5) is 10.3. The van der Waals surface area contributed by atoms with Gasteiger partial charge in [0.15, 0.2) is 0 Å². The van der Waals surface area contributed by atoms with Crippen LogP contribution in [0.3, 0.4) is 0 Å². The van der Waals surface area contributed by atoms with E-state index in [2.05, 4.69) is 19.1 Å². The topological polar surface area (TPSA) is 17.1 Å². The Kier molecular flexibility index (Phi) is 8.09. The first-order chi connectivity index (χ1) is 5.81. The van der Waals surface area contributed by atoms with Gasteiger partial charge in [0.05, 0.1) is 0 Å². The highest BCUT2D eigenvalue weighted by atomic mass is 16.1. The Hall–Kier alpha value is -0.590. The molecule has 0 rings (SSSR count). The molecule has 0 aromatic rings. The van der Waals surface area contributed by atoms with E-state index in [1.807, 2.05) is 6.92 Å². The van der Waals surface area contributed by atoms with Crippen molar-refractivity contribution in [2.24, 2.45) is 5.92 Å². The van der Waals surface area contributed by atoms with Gasteiger partial charge < -0.3 is 4.79 Å². The summed E-state index contributed by atoms with van der Waals surface area (Å²) < 4.78 is 0. The van der Waals surface area contributed by atoms with Crippen molar-refractivity contribution in [2.45, 2.75) is 46.0 Å². The highest BCUT2D eigenvalue weighted by Crippen LogP contribution is 2.08. The number of hydrogen-bond donors (Lipinski definition) is 0. The van der Waals surface area contributed by atoms with E-state index in [0.29, 0.717) is 0 Å². The van der Waals surface area contributed by atoms with Crippen LogP contribution in [0, 0.1) is 5.92 Å². The number of aldehydes is 1. The zero-order valence-electron chi connectivity index (χ0n) is 8.25. The zero-order chi connectivity index (χ0) is 9.23. The van der Waals surface area contributed by atoms with Crippen LogP contribution >= 0.6 is 0 Å². The Morgan fingerprint density at radius 2 is 2.00 bits per heavy atom. The summed E-state index contributed by atoms with van der Waals surface area (Å²) in [5.74, 6) is 0.256. The third-order valence-electron chi connectivity index (χ3n) is 2.00. The van der Waals surface area contributed by atoms with Crippen molar-refractivity contribution >= 4 is 6.29 Å². The number of hydrogen-bond acceptors (Lipinski definition) is 1. The van der Waals surface area contributed by atoms with Gasteiger partial charge in [-0.25, -0.2) is 0 Å². The second kappa shape index (κ2) is 8.51. The third-order valence-corrected chi connectivity index (χ3v) is 2.00. The lowest BCUT2D eigenvalue weighted by molar-refractivity contribution is -0.110. The van der Waals surface area contributed by atoms with Crippen molar-refractivity contribution in [3.05, 3.63) is 12.2 Å². The fraction of sp³-hybridized carbons (Fsp3) is 0.727. The van der Waals surface area contributed by atoms with Crippen LogP contribution in [0.5, 0.6) is 0 Å². The Morgan fingerprint density at radius 3 is 2.58 bits per heavy atom. The lowest BCUT2D eigenvalue weighted by Gasteiger charge is -2.01. The predicted molar refractivity (Wildman–Crippen MR) is 53.1 cm³/mol. The number of carbonyl (C=O) groups excluding carboxylic acids is 1. The molecule has 0 fully saturated rings. The van der Waals surface area contributed by atoms with Crippen LogP contribution < -0.4 is 0 Å². The first-order valence-electron chi connectivity index (χ1n) is 4.87. The molecule has 0 saturated heterocycles. The van der Waals surface area contributed by atoms with Crippen LogP contribution in [0.15, 0.2) is 12.2 Å². The highest BCUT2D eigenvalue weighted by Gasteiger charge is 1.97. The average molecular weight is 168 g/mol. The molecule has 0 radical (unpaired) electrons. The second-order valence-corrected chi connectivity index (χ2v) is 3.32. The lowest BCUT2D eigenvalue weighted by Crippen LogP contribution is -1.94. The maximum Gasteiger partial charge on any atom is 0.122 e. The zero-order valence-corrected chi connectivity index (χ0v) is 8.25. The van der Waals surface area contributed by atoms with Crippen molar-refractivity contribution in [3.63, 3.8) is 0 Å². The van der Waals surface area contributed by atoms with E-state index >= 15 is 0 Å². The summed E-state index contributed by atoms with van der Waals surface area (Å²) >= 11 is 0. The number of carbonyl (C=O) groups is 1. The molecule has 1 nitrogen and oxygen atoms in total. The summed E-state index contributed by atoms with van der Waals surface area (Å²) in [7, 11) is 0. The average Bonchev–Trinajstić information content (AvgIpc) is 2.10. The molecule has 1 atom stereocenters. The molecule has 0 amide bonds. The normalized spacial score (nSPS) is 13.5. The molecule has 0 N–H and O–H groups in total. The van der Waals surface area contributed by atoms with Crippen molar-refractivity contribution in [2.75, 3.05) is 0 Å². The Balaban J connectivity index is 3.05. The monoisotopic (exact) mass is 168 g/mol. The lowest BCUT2D eigenvalue weighted by atomic mass is 10.0. The molecule has 1 unspecified atom stereocenters. The van der Waals surface area contributed by atoms with Crippen molar-refractivity contribution in [1.29, 1.82) is 0 Å². The van der Waals surface area contributed by atoms with Crippen LogP contribution in [0.25, 0.3) is 0 Å². The second-order valence-electron chi connectivity index (χ2n) is 3.32. The first kappa shape index (κ1) is 11.4. The maximum atomic E-state index is 10.3. The van der Waals surface area contributed by atoms with Crippen LogP contribution in [-0.4, -0.2) is 6.29 Å². The fourth-order valence-corrected chi connectivity index (χ4v) is 1.14. The standard InChI is InChI=1S/C11H20O/c1-3-4-5-6-7-8-9-11(2)10-12/h3-4,10-11H,5-9H2,1-2H3. The largest absolute Gasteiger partial charge is 0.303 e. The number of allylic oxidation sites excluding steroid dienone is 2. The molecule has 0 aromatic carbocycles. The third kappa shape index (κ3) is 7.52. The molecule has 70 valence electrons. The summed E-state index contributed by atoms with van der Waals surface area (Å²) in [6, 6.07) is 0. The summed E-state index contributed by atoms with van der Waals surface area (Å²) in [6.07, 6.45) is 11.3. The van der Waals surface area contributed by atoms with Gasteiger partial charge in [0.2, 0.25) is 0 Å². The quantitative estimate of drug-likeness (QED) is 0.324. The van der Waals surface area contributed by atoms with Crippen LogP contribution in [-0.2, 0) is 4.79 Å². The van der Waals surface area contributed by atoms with E-state index < -0.39 is 0 Å². The maximum absolute atomic E-state index is 10.3. The van der Waals surface area contributed by atoms with E-state index in [0.717, 1.165) is 12.7 Å². The highest BCUT2D eigenvalue weighted by molar-refractivity contribution is 5.52. The predicted octanol–water partition coefficient (Wildman–Crippen LogP) is 3.35. The Labute approximate surface area is 75.9 Å². The van der Waals surface area contributed by atoms with E-state index in [9.17, 15) is 4.79 Å². The molecule has 0 bridgehead atoms. The molecule has 0 aromatic heterocycles. The fourth-order valence-electron chi connectivity index (χ4n) is 1.14. The van der Waals surface area contributed by atoms with E-state index in [4.69, 9.17) is 0 Å². The Bertz CT molecular complexity index is 127. The smallest absolute Gasteiger partial charge is 0.122 e. The molecular weight excluding hydrogens is 148 g/mol. The summed E-state index contributed by atoms with van der Waals surface area (Å²) in [5, 5.41) is 0. The Morgan fingerprint density at radius 1 is 1.25 bits per heavy atom. The first-order valence-corrected chi connectivity index (χ1v) is 4.87. The van der Waals surface area contributed by atoms with Crippen molar-refractivity contribution in [1.82, 2.24) is 0 Å². The van der Waals surface area contributed by atoms with Gasteiger partial charge in [-0.05, 0) is 26.2 Å². The number of rotatable bonds is 7. The van der Waals surface area contributed by atoms with Gasteiger partial charge in [-0.1, -0.05) is 31.9 Å². The van der Waals surface area contributed by atoms with E-state index in [-0.39, 0.29) is 5.92 Å². The molecule has 0 aliphatic carbocycles. The van der Waals surface area contributed by atoms with Crippen LogP contribution in [0.2, 0.25) is 0 Å². The minimum atomic E-state index is 0.256. The minimum Gasteiger partial charge on any atom is -0.303 e. The molecule has 0 heterocycles. The van der Waals surface area contributed by atoms with Crippen molar-refractivity contribution in [3.8, 4) is 0 Å². The van der Waals surface area contributed by atoms with Gasteiger partial charge in [0.25, 0.3) is 0 Å². The number of unbranched alkanes of at least 4 members (excludes halogenated alkanes) is 3. The van der Waals surface area contributed by atoms with E-state index in [1.54, 1.807) is 0 Å². The molecule has 1 heteroatoms. The van der Waals surface area contributed by atoms with Crippen LogP contribution in [0.1, 0.15) is 46.0 Å².